The molecule has 86 valence electrons. The summed E-state index contributed by atoms with van der Waals surface area (Å²) >= 11 is 0. The zero-order valence-electron chi connectivity index (χ0n) is 9.74. The lowest BCUT2D eigenvalue weighted by Crippen LogP contribution is -2.36. The molecule has 0 radical (unpaired) electrons. The predicted octanol–water partition coefficient (Wildman–Crippen LogP) is 1.45. The van der Waals surface area contributed by atoms with Crippen LogP contribution in [0.2, 0.25) is 0 Å². The standard InChI is InChI=1S/C13H19N3/c1-9-2-3-13(14-5-4-9)16-8-12-11-6-10(11)7-15-12/h2-3,5,10-12,15-16H,4,6-8H2,1H3/t10?,11?,12-/m0/s1. The summed E-state index contributed by atoms with van der Waals surface area (Å²) in [4.78, 5) is 4.42. The molecule has 1 saturated carbocycles. The fraction of sp³-hybridized carbons (Fsp3) is 0.615. The smallest absolute Gasteiger partial charge is 0.125 e. The van der Waals surface area contributed by atoms with E-state index >= 15 is 0 Å². The Bertz CT molecular complexity index is 367. The molecule has 16 heavy (non-hydrogen) atoms. The third-order valence-electron chi connectivity index (χ3n) is 3.81. The van der Waals surface area contributed by atoms with Crippen molar-refractivity contribution in [1.82, 2.24) is 10.6 Å². The fourth-order valence-electron chi connectivity index (χ4n) is 2.62. The molecule has 1 saturated heterocycles. The highest BCUT2D eigenvalue weighted by molar-refractivity contribution is 5.63. The maximum Gasteiger partial charge on any atom is 0.125 e. The highest BCUT2D eigenvalue weighted by Gasteiger charge is 2.47. The van der Waals surface area contributed by atoms with Crippen LogP contribution in [-0.2, 0) is 0 Å². The molecule has 2 heterocycles. The van der Waals surface area contributed by atoms with E-state index in [-0.39, 0.29) is 0 Å². The van der Waals surface area contributed by atoms with Gasteiger partial charge in [-0.05, 0) is 37.8 Å². The first kappa shape index (κ1) is 10.1. The molecule has 0 aromatic carbocycles. The molecule has 0 bridgehead atoms. The molecule has 2 unspecified atom stereocenters. The number of hydrogen-bond acceptors (Lipinski definition) is 3. The molecular formula is C13H19N3. The molecule has 3 heteroatoms. The van der Waals surface area contributed by atoms with Gasteiger partial charge in [-0.1, -0.05) is 11.6 Å². The number of fused-ring (bicyclic) bond motifs is 1. The Hall–Kier alpha value is -1.09. The van der Waals surface area contributed by atoms with Gasteiger partial charge in [0.25, 0.3) is 0 Å². The number of piperidine rings is 1. The largest absolute Gasteiger partial charge is 0.369 e. The summed E-state index contributed by atoms with van der Waals surface area (Å²) in [5.41, 5.74) is 1.36. The van der Waals surface area contributed by atoms with Gasteiger partial charge in [-0.15, -0.1) is 0 Å². The lowest BCUT2D eigenvalue weighted by Gasteiger charge is -2.14. The number of nitrogens with one attached hydrogen (secondary N) is 2. The predicted molar refractivity (Wildman–Crippen MR) is 66.3 cm³/mol. The van der Waals surface area contributed by atoms with Crippen LogP contribution < -0.4 is 10.6 Å². The van der Waals surface area contributed by atoms with Gasteiger partial charge in [0, 0.05) is 25.2 Å². The molecule has 0 amide bonds. The molecule has 0 spiro atoms. The van der Waals surface area contributed by atoms with Crippen molar-refractivity contribution in [3.63, 3.8) is 0 Å². The van der Waals surface area contributed by atoms with Crippen LogP contribution in [0.5, 0.6) is 0 Å². The number of nitrogens with zero attached hydrogens (tertiary/aromatic N) is 1. The molecule has 1 aliphatic carbocycles. The van der Waals surface area contributed by atoms with E-state index in [0.29, 0.717) is 6.04 Å². The van der Waals surface area contributed by atoms with Gasteiger partial charge < -0.3 is 10.6 Å². The Morgan fingerprint density at radius 3 is 3.19 bits per heavy atom. The van der Waals surface area contributed by atoms with Crippen LogP contribution >= 0.6 is 0 Å². The quantitative estimate of drug-likeness (QED) is 0.750. The van der Waals surface area contributed by atoms with E-state index in [9.17, 15) is 0 Å². The lowest BCUT2D eigenvalue weighted by molar-refractivity contribution is 0.509. The van der Waals surface area contributed by atoms with E-state index in [1.807, 2.05) is 6.21 Å². The molecule has 3 nitrogen and oxygen atoms in total. The van der Waals surface area contributed by atoms with Crippen molar-refractivity contribution in [2.24, 2.45) is 16.8 Å². The van der Waals surface area contributed by atoms with E-state index < -0.39 is 0 Å². The summed E-state index contributed by atoms with van der Waals surface area (Å²) in [5.74, 6) is 2.91. The zero-order chi connectivity index (χ0) is 11.0. The van der Waals surface area contributed by atoms with E-state index in [4.69, 9.17) is 0 Å². The van der Waals surface area contributed by atoms with Crippen LogP contribution in [0.4, 0.5) is 0 Å². The Kier molecular flexibility index (Phi) is 2.56. The molecule has 3 atom stereocenters. The lowest BCUT2D eigenvalue weighted by atomic mass is 10.2. The van der Waals surface area contributed by atoms with Crippen molar-refractivity contribution < 1.29 is 0 Å². The summed E-state index contributed by atoms with van der Waals surface area (Å²) in [6.45, 7) is 4.37. The Morgan fingerprint density at radius 1 is 1.50 bits per heavy atom. The SMILES string of the molecule is CC1=CC=C(NC[C@@H]2NCC3CC32)N=CC1. The van der Waals surface area contributed by atoms with Gasteiger partial charge in [0.2, 0.25) is 0 Å². The third kappa shape index (κ3) is 2.05. The van der Waals surface area contributed by atoms with Crippen molar-refractivity contribution in [1.29, 1.82) is 0 Å². The summed E-state index contributed by atoms with van der Waals surface area (Å²) in [6, 6.07) is 0.662. The van der Waals surface area contributed by atoms with Gasteiger partial charge in [0.05, 0.1) is 0 Å². The van der Waals surface area contributed by atoms with Crippen molar-refractivity contribution >= 4 is 6.21 Å². The maximum atomic E-state index is 4.42. The summed E-state index contributed by atoms with van der Waals surface area (Å²) in [6.07, 6.45) is 8.61. The van der Waals surface area contributed by atoms with Crippen LogP contribution in [0.15, 0.2) is 28.5 Å². The van der Waals surface area contributed by atoms with Gasteiger partial charge in [0.15, 0.2) is 0 Å². The average Bonchev–Trinajstić information content (AvgIpc) is 3.00. The first-order chi connectivity index (χ1) is 7.83. The van der Waals surface area contributed by atoms with Gasteiger partial charge in [-0.25, -0.2) is 4.99 Å². The van der Waals surface area contributed by atoms with E-state index in [0.717, 1.165) is 30.6 Å². The molecule has 2 fully saturated rings. The molecule has 0 aromatic rings. The van der Waals surface area contributed by atoms with Gasteiger partial charge in [-0.3, -0.25) is 0 Å². The maximum absolute atomic E-state index is 4.42. The molecule has 3 aliphatic rings. The van der Waals surface area contributed by atoms with E-state index in [1.165, 1.54) is 18.5 Å². The molecular weight excluding hydrogens is 198 g/mol. The molecule has 2 N–H and O–H groups in total. The first-order valence-electron chi connectivity index (χ1n) is 6.20. The Balaban J connectivity index is 1.54. The number of allylic oxidation sites excluding steroid dienone is 3. The molecule has 0 aromatic heterocycles. The minimum atomic E-state index is 0.662. The van der Waals surface area contributed by atoms with Gasteiger partial charge >= 0.3 is 0 Å². The van der Waals surface area contributed by atoms with Crippen molar-refractivity contribution in [2.75, 3.05) is 13.1 Å². The number of rotatable bonds is 3. The second kappa shape index (κ2) is 4.06. The highest BCUT2D eigenvalue weighted by Crippen LogP contribution is 2.44. The van der Waals surface area contributed by atoms with Crippen LogP contribution in [0.1, 0.15) is 19.8 Å². The fourth-order valence-corrected chi connectivity index (χ4v) is 2.62. The first-order valence-corrected chi connectivity index (χ1v) is 6.20. The third-order valence-corrected chi connectivity index (χ3v) is 3.81. The molecule has 2 aliphatic heterocycles. The van der Waals surface area contributed by atoms with Crippen LogP contribution in [-0.4, -0.2) is 25.3 Å². The topological polar surface area (TPSA) is 36.4 Å². The van der Waals surface area contributed by atoms with Gasteiger partial charge in [-0.2, -0.15) is 0 Å². The van der Waals surface area contributed by atoms with Crippen LogP contribution in [0.25, 0.3) is 0 Å². The van der Waals surface area contributed by atoms with E-state index in [2.05, 4.69) is 34.7 Å². The average molecular weight is 217 g/mol. The second-order valence-electron chi connectivity index (χ2n) is 5.14. The van der Waals surface area contributed by atoms with E-state index in [1.54, 1.807) is 0 Å². The highest BCUT2D eigenvalue weighted by atomic mass is 15.1. The van der Waals surface area contributed by atoms with Gasteiger partial charge in [0.1, 0.15) is 5.82 Å². The van der Waals surface area contributed by atoms with Crippen molar-refractivity contribution in [2.45, 2.75) is 25.8 Å². The Labute approximate surface area is 96.7 Å². The van der Waals surface area contributed by atoms with Crippen molar-refractivity contribution in [3.8, 4) is 0 Å². The van der Waals surface area contributed by atoms with Crippen LogP contribution in [0.3, 0.4) is 0 Å². The zero-order valence-corrected chi connectivity index (χ0v) is 9.74. The minimum Gasteiger partial charge on any atom is -0.369 e. The normalized spacial score (nSPS) is 36.2. The summed E-state index contributed by atoms with van der Waals surface area (Å²) in [5, 5.41) is 7.00. The Morgan fingerprint density at radius 2 is 2.44 bits per heavy atom. The second-order valence-corrected chi connectivity index (χ2v) is 5.14. The summed E-state index contributed by atoms with van der Waals surface area (Å²) in [7, 11) is 0. The molecule has 3 rings (SSSR count). The number of hydrogen-bond donors (Lipinski definition) is 2. The number of aliphatic imine (C=N–C) groups is 1. The van der Waals surface area contributed by atoms with Crippen molar-refractivity contribution in [3.05, 3.63) is 23.5 Å². The van der Waals surface area contributed by atoms with Crippen LogP contribution in [0, 0.1) is 11.8 Å². The monoisotopic (exact) mass is 217 g/mol. The minimum absolute atomic E-state index is 0.662. The summed E-state index contributed by atoms with van der Waals surface area (Å²) < 4.78 is 0.